The van der Waals surface area contributed by atoms with Crippen molar-refractivity contribution >= 4 is 15.5 Å². The zero-order valence-electron chi connectivity index (χ0n) is 10.6. The molecule has 1 aliphatic heterocycles. The van der Waals surface area contributed by atoms with Crippen molar-refractivity contribution in [1.29, 1.82) is 0 Å². The van der Waals surface area contributed by atoms with Crippen molar-refractivity contribution in [3.8, 4) is 0 Å². The van der Waals surface area contributed by atoms with Crippen molar-refractivity contribution < 1.29 is 13.2 Å². The van der Waals surface area contributed by atoms with Gasteiger partial charge in [0.15, 0.2) is 9.84 Å². The third-order valence-electron chi connectivity index (χ3n) is 3.10. The van der Waals surface area contributed by atoms with E-state index in [0.29, 0.717) is 11.0 Å². The van der Waals surface area contributed by atoms with Crippen LogP contribution in [0.5, 0.6) is 0 Å². The highest BCUT2D eigenvalue weighted by atomic mass is 32.2. The molecule has 1 aromatic carbocycles. The standard InChI is InChI=1S/C13H19NO3S/c1-18(15,16)13-6-4-11(5-7-13)14-9-8-12-3-2-10-17-12/h4-7,12,14H,2-3,8-10H2,1H3. The number of anilines is 1. The van der Waals surface area contributed by atoms with Gasteiger partial charge in [-0.1, -0.05) is 0 Å². The maximum absolute atomic E-state index is 11.3. The highest BCUT2D eigenvalue weighted by Crippen LogP contribution is 2.17. The van der Waals surface area contributed by atoms with Crippen LogP contribution in [0.1, 0.15) is 19.3 Å². The first-order valence-corrected chi connectivity index (χ1v) is 8.10. The molecule has 0 spiro atoms. The van der Waals surface area contributed by atoms with E-state index in [0.717, 1.165) is 38.1 Å². The largest absolute Gasteiger partial charge is 0.385 e. The van der Waals surface area contributed by atoms with Crippen LogP contribution in [-0.2, 0) is 14.6 Å². The monoisotopic (exact) mass is 269 g/mol. The van der Waals surface area contributed by atoms with Crippen molar-refractivity contribution in [1.82, 2.24) is 0 Å². The van der Waals surface area contributed by atoms with Gasteiger partial charge in [0.2, 0.25) is 0 Å². The van der Waals surface area contributed by atoms with Gasteiger partial charge in [-0.3, -0.25) is 0 Å². The Kier molecular flexibility index (Phi) is 4.24. The minimum Gasteiger partial charge on any atom is -0.385 e. The lowest BCUT2D eigenvalue weighted by atomic mass is 10.2. The number of hydrogen-bond acceptors (Lipinski definition) is 4. The maximum Gasteiger partial charge on any atom is 0.175 e. The zero-order valence-corrected chi connectivity index (χ0v) is 11.4. The summed E-state index contributed by atoms with van der Waals surface area (Å²) in [6, 6.07) is 6.85. The molecule has 1 atom stereocenters. The lowest BCUT2D eigenvalue weighted by molar-refractivity contribution is 0.107. The second kappa shape index (κ2) is 5.71. The fourth-order valence-electron chi connectivity index (χ4n) is 2.07. The average molecular weight is 269 g/mol. The molecule has 4 nitrogen and oxygen atoms in total. The number of benzene rings is 1. The van der Waals surface area contributed by atoms with Crippen LogP contribution in [0.4, 0.5) is 5.69 Å². The third-order valence-corrected chi connectivity index (χ3v) is 4.23. The molecule has 1 aliphatic rings. The minimum absolute atomic E-state index is 0.354. The summed E-state index contributed by atoms with van der Waals surface area (Å²) in [5, 5.41) is 3.28. The Morgan fingerprint density at radius 2 is 2.06 bits per heavy atom. The highest BCUT2D eigenvalue weighted by molar-refractivity contribution is 7.90. The Morgan fingerprint density at radius 1 is 1.33 bits per heavy atom. The molecular formula is C13H19NO3S. The van der Waals surface area contributed by atoms with Gasteiger partial charge in [0, 0.05) is 25.1 Å². The molecule has 0 radical (unpaired) electrons. The molecule has 18 heavy (non-hydrogen) atoms. The summed E-state index contributed by atoms with van der Waals surface area (Å²) in [5.74, 6) is 0. The molecule has 1 N–H and O–H groups in total. The van der Waals surface area contributed by atoms with E-state index < -0.39 is 9.84 Å². The van der Waals surface area contributed by atoms with Crippen LogP contribution in [0, 0.1) is 0 Å². The van der Waals surface area contributed by atoms with E-state index >= 15 is 0 Å². The summed E-state index contributed by atoms with van der Waals surface area (Å²) in [4.78, 5) is 0.354. The molecule has 1 fully saturated rings. The third kappa shape index (κ3) is 3.71. The van der Waals surface area contributed by atoms with Crippen molar-refractivity contribution in [2.75, 3.05) is 24.7 Å². The maximum atomic E-state index is 11.3. The molecule has 5 heteroatoms. The molecule has 0 amide bonds. The van der Waals surface area contributed by atoms with E-state index in [4.69, 9.17) is 4.74 Å². The Bertz CT molecular complexity index is 475. The second-order valence-electron chi connectivity index (χ2n) is 4.65. The smallest absolute Gasteiger partial charge is 0.175 e. The molecule has 1 unspecified atom stereocenters. The predicted octanol–water partition coefficient (Wildman–Crippen LogP) is 2.07. The van der Waals surface area contributed by atoms with Crippen LogP contribution in [0.2, 0.25) is 0 Å². The Morgan fingerprint density at radius 3 is 2.61 bits per heavy atom. The fourth-order valence-corrected chi connectivity index (χ4v) is 2.70. The van der Waals surface area contributed by atoms with E-state index in [1.165, 1.54) is 6.26 Å². The van der Waals surface area contributed by atoms with Crippen molar-refractivity contribution in [3.05, 3.63) is 24.3 Å². The molecular weight excluding hydrogens is 250 g/mol. The van der Waals surface area contributed by atoms with Crippen molar-refractivity contribution in [2.45, 2.75) is 30.3 Å². The van der Waals surface area contributed by atoms with Crippen LogP contribution in [0.25, 0.3) is 0 Å². The average Bonchev–Trinajstić information content (AvgIpc) is 2.82. The van der Waals surface area contributed by atoms with E-state index in [1.54, 1.807) is 24.3 Å². The first-order chi connectivity index (χ1) is 8.55. The van der Waals surface area contributed by atoms with Gasteiger partial charge >= 0.3 is 0 Å². The molecule has 0 aliphatic carbocycles. The van der Waals surface area contributed by atoms with Crippen LogP contribution < -0.4 is 5.32 Å². The highest BCUT2D eigenvalue weighted by Gasteiger charge is 2.14. The SMILES string of the molecule is CS(=O)(=O)c1ccc(NCCC2CCCO2)cc1. The van der Waals surface area contributed by atoms with E-state index in [9.17, 15) is 8.42 Å². The quantitative estimate of drug-likeness (QED) is 0.889. The van der Waals surface area contributed by atoms with Gasteiger partial charge in [-0.15, -0.1) is 0 Å². The number of sulfone groups is 1. The number of nitrogens with one attached hydrogen (secondary N) is 1. The van der Waals surface area contributed by atoms with Crippen LogP contribution in [0.15, 0.2) is 29.2 Å². The predicted molar refractivity (Wildman–Crippen MR) is 71.6 cm³/mol. The molecule has 0 saturated carbocycles. The van der Waals surface area contributed by atoms with E-state index in [-0.39, 0.29) is 0 Å². The molecule has 1 aromatic rings. The summed E-state index contributed by atoms with van der Waals surface area (Å²) < 4.78 is 28.1. The van der Waals surface area contributed by atoms with Crippen molar-refractivity contribution in [3.63, 3.8) is 0 Å². The Labute approximate surface area is 108 Å². The summed E-state index contributed by atoms with van der Waals surface area (Å²) in [6.07, 6.45) is 4.90. The normalized spacial score (nSPS) is 19.9. The number of hydrogen-bond donors (Lipinski definition) is 1. The molecule has 1 saturated heterocycles. The Hall–Kier alpha value is -1.07. The topological polar surface area (TPSA) is 55.4 Å². The zero-order chi connectivity index (χ0) is 13.0. The molecule has 0 aromatic heterocycles. The van der Waals surface area contributed by atoms with Gasteiger partial charge in [-0.2, -0.15) is 0 Å². The summed E-state index contributed by atoms with van der Waals surface area (Å²) in [7, 11) is -3.10. The van der Waals surface area contributed by atoms with Crippen LogP contribution in [-0.4, -0.2) is 33.9 Å². The van der Waals surface area contributed by atoms with Crippen LogP contribution in [0.3, 0.4) is 0 Å². The second-order valence-corrected chi connectivity index (χ2v) is 6.66. The van der Waals surface area contributed by atoms with E-state index in [2.05, 4.69) is 5.32 Å². The first-order valence-electron chi connectivity index (χ1n) is 6.21. The summed E-state index contributed by atoms with van der Waals surface area (Å²) in [5.41, 5.74) is 0.945. The summed E-state index contributed by atoms with van der Waals surface area (Å²) >= 11 is 0. The van der Waals surface area contributed by atoms with Crippen LogP contribution >= 0.6 is 0 Å². The molecule has 1 heterocycles. The number of ether oxygens (including phenoxy) is 1. The van der Waals surface area contributed by atoms with Gasteiger partial charge in [0.1, 0.15) is 0 Å². The molecule has 100 valence electrons. The minimum atomic E-state index is -3.10. The van der Waals surface area contributed by atoms with Gasteiger partial charge in [0.05, 0.1) is 11.0 Å². The Balaban J connectivity index is 1.83. The molecule has 2 rings (SSSR count). The first kappa shape index (κ1) is 13.4. The van der Waals surface area contributed by atoms with Gasteiger partial charge in [-0.05, 0) is 43.5 Å². The number of rotatable bonds is 5. The van der Waals surface area contributed by atoms with Gasteiger partial charge in [0.25, 0.3) is 0 Å². The van der Waals surface area contributed by atoms with Crippen molar-refractivity contribution in [2.24, 2.45) is 0 Å². The lowest BCUT2D eigenvalue weighted by Gasteiger charge is -2.11. The van der Waals surface area contributed by atoms with Gasteiger partial charge in [-0.25, -0.2) is 8.42 Å². The lowest BCUT2D eigenvalue weighted by Crippen LogP contribution is -2.12. The van der Waals surface area contributed by atoms with Gasteiger partial charge < -0.3 is 10.1 Å². The fraction of sp³-hybridized carbons (Fsp3) is 0.538. The van der Waals surface area contributed by atoms with E-state index in [1.807, 2.05) is 0 Å². The molecule has 0 bridgehead atoms. The summed E-state index contributed by atoms with van der Waals surface area (Å²) in [6.45, 7) is 1.73.